The van der Waals surface area contributed by atoms with E-state index < -0.39 is 29.4 Å². The zero-order chi connectivity index (χ0) is 22.6. The molecule has 2 aromatic rings. The highest BCUT2D eigenvalue weighted by molar-refractivity contribution is 9.12. The van der Waals surface area contributed by atoms with Gasteiger partial charge in [-0.3, -0.25) is 4.79 Å². The number of hydrogen-bond donors (Lipinski definition) is 0. The maximum absolute atomic E-state index is 12.8. The van der Waals surface area contributed by atoms with Gasteiger partial charge in [0.2, 0.25) is 6.10 Å². The van der Waals surface area contributed by atoms with Crippen molar-refractivity contribution in [3.05, 3.63) is 70.7 Å². The van der Waals surface area contributed by atoms with Gasteiger partial charge in [-0.05, 0) is 51.5 Å². The van der Waals surface area contributed by atoms with E-state index in [1.807, 2.05) is 50.2 Å². The van der Waals surface area contributed by atoms with Gasteiger partial charge in [0.05, 0.1) is 17.5 Å². The van der Waals surface area contributed by atoms with Crippen molar-refractivity contribution in [1.82, 2.24) is 0 Å². The minimum absolute atomic E-state index is 0.208. The number of rotatable bonds is 7. The summed E-state index contributed by atoms with van der Waals surface area (Å²) in [5, 5.41) is 9.61. The van der Waals surface area contributed by atoms with Crippen molar-refractivity contribution in [1.29, 1.82) is 5.26 Å². The van der Waals surface area contributed by atoms with Crippen LogP contribution in [0.1, 0.15) is 25.5 Å². The molecule has 0 saturated heterocycles. The van der Waals surface area contributed by atoms with Crippen LogP contribution in [0.3, 0.4) is 0 Å². The average Bonchev–Trinajstić information content (AvgIpc) is 3.31. The summed E-state index contributed by atoms with van der Waals surface area (Å²) in [7, 11) is 1.29. The minimum atomic E-state index is -1.07. The zero-order valence-corrected chi connectivity index (χ0v) is 19.0. The van der Waals surface area contributed by atoms with Gasteiger partial charge in [0.1, 0.15) is 17.6 Å². The number of carbonyl (C=O) groups excluding carboxylic acids is 2. The average molecular weight is 484 g/mol. The summed E-state index contributed by atoms with van der Waals surface area (Å²) < 4.78 is 16.3. The van der Waals surface area contributed by atoms with E-state index in [2.05, 4.69) is 20.7 Å². The monoisotopic (exact) mass is 483 g/mol. The van der Waals surface area contributed by atoms with Crippen LogP contribution in [0.5, 0.6) is 11.5 Å². The summed E-state index contributed by atoms with van der Waals surface area (Å²) in [4.78, 5) is 24.4. The van der Waals surface area contributed by atoms with Gasteiger partial charge in [-0.25, -0.2) is 4.79 Å². The van der Waals surface area contributed by atoms with Crippen molar-refractivity contribution in [3.8, 4) is 17.6 Å². The van der Waals surface area contributed by atoms with Crippen molar-refractivity contribution in [3.63, 3.8) is 0 Å². The second-order valence-corrected chi connectivity index (χ2v) is 8.62. The molecule has 0 heterocycles. The molecule has 7 heteroatoms. The standard InChI is InChI=1S/C24H22BrNO5/c1-24(2)18(13-19(25)22(27)29-3)21(24)23(28)31-20(14-26)15-8-7-11-17(12-15)30-16-9-5-4-6-10-16/h4-13,18,20-21H,1-3H3/b19-13+/t18-,20+,21-/m0/s1. The summed E-state index contributed by atoms with van der Waals surface area (Å²) in [6, 6.07) is 18.2. The quantitative estimate of drug-likeness (QED) is 0.391. The molecule has 0 N–H and O–H groups in total. The summed E-state index contributed by atoms with van der Waals surface area (Å²) in [6.07, 6.45) is 0.588. The van der Waals surface area contributed by atoms with Crippen LogP contribution in [0.15, 0.2) is 65.2 Å². The molecule has 1 fully saturated rings. The summed E-state index contributed by atoms with van der Waals surface area (Å²) >= 11 is 3.18. The normalized spacial score (nSPS) is 20.2. The van der Waals surface area contributed by atoms with E-state index in [0.717, 1.165) is 0 Å². The third-order valence-corrected chi connectivity index (χ3v) is 5.95. The van der Waals surface area contributed by atoms with E-state index in [-0.39, 0.29) is 10.4 Å². The fourth-order valence-corrected chi connectivity index (χ4v) is 3.93. The van der Waals surface area contributed by atoms with Gasteiger partial charge in [0.25, 0.3) is 0 Å². The predicted molar refractivity (Wildman–Crippen MR) is 117 cm³/mol. The molecule has 1 aliphatic carbocycles. The second kappa shape index (κ2) is 9.36. The first kappa shape index (κ1) is 22.6. The smallest absolute Gasteiger partial charge is 0.344 e. The summed E-state index contributed by atoms with van der Waals surface area (Å²) in [5.41, 5.74) is 0.119. The first-order valence-corrected chi connectivity index (χ1v) is 10.5. The number of allylic oxidation sites excluding steroid dienone is 1. The molecule has 160 valence electrons. The van der Waals surface area contributed by atoms with Gasteiger partial charge in [0.15, 0.2) is 0 Å². The third kappa shape index (κ3) is 5.15. The van der Waals surface area contributed by atoms with Crippen LogP contribution in [0.2, 0.25) is 0 Å². The molecule has 0 aliphatic heterocycles. The van der Waals surface area contributed by atoms with Gasteiger partial charge in [-0.1, -0.05) is 50.3 Å². The van der Waals surface area contributed by atoms with Crippen LogP contribution in [0, 0.1) is 28.6 Å². The Labute approximate surface area is 189 Å². The highest BCUT2D eigenvalue weighted by Gasteiger charge is 2.62. The zero-order valence-electron chi connectivity index (χ0n) is 17.4. The van der Waals surface area contributed by atoms with Gasteiger partial charge in [-0.2, -0.15) is 5.26 Å². The lowest BCUT2D eigenvalue weighted by atomic mass is 10.1. The number of methoxy groups -OCH3 is 1. The van der Waals surface area contributed by atoms with Gasteiger partial charge in [-0.15, -0.1) is 0 Å². The van der Waals surface area contributed by atoms with Gasteiger partial charge >= 0.3 is 11.9 Å². The molecule has 1 saturated carbocycles. The molecular weight excluding hydrogens is 462 g/mol. The van der Waals surface area contributed by atoms with Crippen LogP contribution in [0.4, 0.5) is 0 Å². The van der Waals surface area contributed by atoms with Crippen molar-refractivity contribution in [2.24, 2.45) is 17.3 Å². The topological polar surface area (TPSA) is 85.6 Å². The number of nitrogens with zero attached hydrogens (tertiary/aromatic N) is 1. The van der Waals surface area contributed by atoms with Crippen molar-refractivity contribution >= 4 is 27.9 Å². The Hall–Kier alpha value is -3.11. The van der Waals surface area contributed by atoms with E-state index in [0.29, 0.717) is 17.1 Å². The van der Waals surface area contributed by atoms with E-state index in [1.54, 1.807) is 30.3 Å². The lowest BCUT2D eigenvalue weighted by Crippen LogP contribution is -2.14. The number of para-hydroxylation sites is 1. The van der Waals surface area contributed by atoms with Crippen molar-refractivity contribution in [2.75, 3.05) is 7.11 Å². The number of nitriles is 1. The van der Waals surface area contributed by atoms with Crippen LogP contribution in [0.25, 0.3) is 0 Å². The Bertz CT molecular complexity index is 1040. The molecule has 0 amide bonds. The summed E-state index contributed by atoms with van der Waals surface area (Å²) in [6.45, 7) is 3.82. The molecule has 3 rings (SSSR count). The number of hydrogen-bond acceptors (Lipinski definition) is 6. The molecule has 31 heavy (non-hydrogen) atoms. The van der Waals surface area contributed by atoms with E-state index in [9.17, 15) is 14.9 Å². The van der Waals surface area contributed by atoms with Crippen LogP contribution in [-0.2, 0) is 19.1 Å². The largest absolute Gasteiger partial charge is 0.465 e. The van der Waals surface area contributed by atoms with E-state index >= 15 is 0 Å². The molecule has 0 radical (unpaired) electrons. The van der Waals surface area contributed by atoms with E-state index in [1.165, 1.54) is 7.11 Å². The number of halogens is 1. The van der Waals surface area contributed by atoms with Crippen molar-refractivity contribution in [2.45, 2.75) is 20.0 Å². The lowest BCUT2D eigenvalue weighted by molar-refractivity contribution is -0.149. The molecule has 0 unspecified atom stereocenters. The number of carbonyl (C=O) groups is 2. The molecule has 1 aliphatic rings. The van der Waals surface area contributed by atoms with Crippen molar-refractivity contribution < 1.29 is 23.8 Å². The first-order valence-electron chi connectivity index (χ1n) is 9.66. The third-order valence-electron chi connectivity index (χ3n) is 5.36. The minimum Gasteiger partial charge on any atom is -0.465 e. The predicted octanol–water partition coefficient (Wildman–Crippen LogP) is 5.31. The highest BCUT2D eigenvalue weighted by Crippen LogP contribution is 2.60. The first-order chi connectivity index (χ1) is 14.8. The SMILES string of the molecule is COC(=O)/C(Br)=C\[C@H]1[C@@H](C(=O)O[C@H](C#N)c2cccc(Oc3ccccc3)c2)C1(C)C. The van der Waals surface area contributed by atoms with Gasteiger partial charge in [0, 0.05) is 5.56 Å². The molecular formula is C24H22BrNO5. The fraction of sp³-hybridized carbons (Fsp3) is 0.292. The summed E-state index contributed by atoms with van der Waals surface area (Å²) in [5.74, 6) is -0.479. The Morgan fingerprint density at radius 3 is 2.45 bits per heavy atom. The maximum atomic E-state index is 12.8. The lowest BCUT2D eigenvalue weighted by Gasteiger charge is -2.13. The van der Waals surface area contributed by atoms with Crippen LogP contribution < -0.4 is 4.74 Å². The molecule has 2 aromatic carbocycles. The van der Waals surface area contributed by atoms with Crippen LogP contribution >= 0.6 is 15.9 Å². The molecule has 0 aromatic heterocycles. The number of ether oxygens (including phenoxy) is 3. The van der Waals surface area contributed by atoms with Crippen LogP contribution in [-0.4, -0.2) is 19.0 Å². The Balaban J connectivity index is 1.71. The van der Waals surface area contributed by atoms with Gasteiger partial charge < -0.3 is 14.2 Å². The fourth-order valence-electron chi connectivity index (χ4n) is 3.49. The highest BCUT2D eigenvalue weighted by atomic mass is 79.9. The molecule has 0 spiro atoms. The number of esters is 2. The molecule has 3 atom stereocenters. The maximum Gasteiger partial charge on any atom is 0.344 e. The number of benzene rings is 2. The second-order valence-electron chi connectivity index (χ2n) is 7.76. The Morgan fingerprint density at radius 2 is 1.81 bits per heavy atom. The van der Waals surface area contributed by atoms with E-state index in [4.69, 9.17) is 9.47 Å². The molecule has 6 nitrogen and oxygen atoms in total. The molecule has 0 bridgehead atoms. The Kier molecular flexibility index (Phi) is 6.81. The Morgan fingerprint density at radius 1 is 1.13 bits per heavy atom.